The Morgan fingerprint density at radius 1 is 1.07 bits per heavy atom. The molecule has 0 radical (unpaired) electrons. The molecule has 2 heterocycles. The predicted molar refractivity (Wildman–Crippen MR) is 158 cm³/mol. The molecule has 0 fully saturated rings. The molecule has 3 aromatic carbocycles. The smallest absolute Gasteiger partial charge is 0.419 e. The first-order valence-electron chi connectivity index (χ1n) is 13.7. The van der Waals surface area contributed by atoms with E-state index in [0.717, 1.165) is 12.7 Å². The summed E-state index contributed by atoms with van der Waals surface area (Å²) < 4.78 is 72.3. The molecule has 0 amide bonds. The summed E-state index contributed by atoms with van der Waals surface area (Å²) >= 11 is 6.64. The molecule has 5 aromatic rings. The minimum absolute atomic E-state index is 0.0170. The minimum Gasteiger partial charge on any atom is -0.493 e. The molecule has 2 aromatic heterocycles. The number of halogens is 5. The number of ether oxygens (including phenoxy) is 2. The van der Waals surface area contributed by atoms with Crippen molar-refractivity contribution in [3.8, 4) is 16.9 Å². The van der Waals surface area contributed by atoms with Crippen LogP contribution in [-0.4, -0.2) is 34.0 Å². The van der Waals surface area contributed by atoms with Crippen LogP contribution in [0.4, 0.5) is 17.6 Å². The largest absolute Gasteiger partial charge is 0.493 e. The SMILES string of the molecule is CCc1nn(C)c(C)c1-c1c(Cl)ccc2c1c(C(F)(F)F)c(C(=O)OC)n2CCCOc1cc(C)cc2cc(F)ccc12. The molecule has 5 rings (SSSR count). The van der Waals surface area contributed by atoms with Crippen molar-refractivity contribution in [1.82, 2.24) is 14.3 Å². The van der Waals surface area contributed by atoms with Crippen molar-refractivity contribution in [3.63, 3.8) is 0 Å². The first-order valence-corrected chi connectivity index (χ1v) is 14.1. The molecule has 0 N–H and O–H groups in total. The van der Waals surface area contributed by atoms with Gasteiger partial charge in [-0.2, -0.15) is 18.3 Å². The van der Waals surface area contributed by atoms with Crippen LogP contribution in [0.15, 0.2) is 42.5 Å². The summed E-state index contributed by atoms with van der Waals surface area (Å²) in [6.07, 6.45) is -4.18. The van der Waals surface area contributed by atoms with Crippen molar-refractivity contribution >= 4 is 39.2 Å². The molecule has 226 valence electrons. The van der Waals surface area contributed by atoms with Crippen LogP contribution in [-0.2, 0) is 30.9 Å². The molecule has 0 bridgehead atoms. The van der Waals surface area contributed by atoms with Gasteiger partial charge in [-0.05, 0) is 74.0 Å². The zero-order valence-electron chi connectivity index (χ0n) is 24.3. The molecule has 0 aliphatic carbocycles. The van der Waals surface area contributed by atoms with Crippen LogP contribution in [0.1, 0.15) is 46.3 Å². The number of carbonyl (C=O) groups excluding carboxylic acids is 1. The highest BCUT2D eigenvalue weighted by Crippen LogP contribution is 2.47. The number of nitrogens with zero attached hydrogens (tertiary/aromatic N) is 3. The van der Waals surface area contributed by atoms with Gasteiger partial charge in [-0.3, -0.25) is 4.68 Å². The van der Waals surface area contributed by atoms with E-state index >= 15 is 0 Å². The number of alkyl halides is 3. The second kappa shape index (κ2) is 11.6. The average molecular weight is 616 g/mol. The van der Waals surface area contributed by atoms with Crippen molar-refractivity contribution < 1.29 is 31.8 Å². The van der Waals surface area contributed by atoms with Crippen molar-refractivity contribution in [1.29, 1.82) is 0 Å². The quantitative estimate of drug-likeness (QED) is 0.0998. The van der Waals surface area contributed by atoms with Crippen LogP contribution >= 0.6 is 11.6 Å². The van der Waals surface area contributed by atoms with E-state index in [0.29, 0.717) is 39.9 Å². The van der Waals surface area contributed by atoms with Crippen LogP contribution < -0.4 is 4.74 Å². The number of hydrogen-bond acceptors (Lipinski definition) is 4. The van der Waals surface area contributed by atoms with Crippen LogP contribution in [0.2, 0.25) is 5.02 Å². The van der Waals surface area contributed by atoms with Gasteiger partial charge < -0.3 is 14.0 Å². The highest BCUT2D eigenvalue weighted by Gasteiger charge is 2.43. The maximum atomic E-state index is 14.9. The van der Waals surface area contributed by atoms with Crippen LogP contribution in [0.3, 0.4) is 0 Å². The lowest BCUT2D eigenvalue weighted by Gasteiger charge is -2.14. The van der Waals surface area contributed by atoms with E-state index in [2.05, 4.69) is 5.10 Å². The molecule has 0 atom stereocenters. The molecular weight excluding hydrogens is 586 g/mol. The number of rotatable bonds is 8. The predicted octanol–water partition coefficient (Wildman–Crippen LogP) is 8.44. The molecule has 6 nitrogen and oxygen atoms in total. The summed E-state index contributed by atoms with van der Waals surface area (Å²) in [5.74, 6) is -0.951. The van der Waals surface area contributed by atoms with Gasteiger partial charge in [0.15, 0.2) is 0 Å². The van der Waals surface area contributed by atoms with E-state index in [1.807, 2.05) is 26.0 Å². The number of fused-ring (bicyclic) bond motifs is 2. The fourth-order valence-electron chi connectivity index (χ4n) is 5.70. The summed E-state index contributed by atoms with van der Waals surface area (Å²) in [4.78, 5) is 13.0. The highest BCUT2D eigenvalue weighted by atomic mass is 35.5. The zero-order valence-corrected chi connectivity index (χ0v) is 25.1. The molecule has 0 saturated heterocycles. The molecule has 43 heavy (non-hydrogen) atoms. The molecule has 0 aliphatic heterocycles. The average Bonchev–Trinajstić information content (AvgIpc) is 3.43. The van der Waals surface area contributed by atoms with Gasteiger partial charge in [0.2, 0.25) is 0 Å². The highest BCUT2D eigenvalue weighted by molar-refractivity contribution is 6.35. The second-order valence-corrected chi connectivity index (χ2v) is 10.8. The molecule has 11 heteroatoms. The molecular formula is C32H30ClF4N3O3. The Bertz CT molecular complexity index is 1870. The maximum absolute atomic E-state index is 14.9. The van der Waals surface area contributed by atoms with Gasteiger partial charge in [0.25, 0.3) is 0 Å². The number of esters is 1. The van der Waals surface area contributed by atoms with Gasteiger partial charge in [0.05, 0.1) is 30.5 Å². The fourth-order valence-corrected chi connectivity index (χ4v) is 5.95. The molecule has 0 spiro atoms. The van der Waals surface area contributed by atoms with Crippen LogP contribution in [0.5, 0.6) is 5.75 Å². The Morgan fingerprint density at radius 3 is 2.49 bits per heavy atom. The Labute approximate surface area is 250 Å². The lowest BCUT2D eigenvalue weighted by Crippen LogP contribution is -2.18. The Kier molecular flexibility index (Phi) is 8.17. The van der Waals surface area contributed by atoms with Gasteiger partial charge in [-0.1, -0.05) is 24.6 Å². The van der Waals surface area contributed by atoms with E-state index in [4.69, 9.17) is 21.1 Å². The van der Waals surface area contributed by atoms with E-state index in [1.165, 1.54) is 28.8 Å². The molecule has 0 aliphatic rings. The normalized spacial score (nSPS) is 12.0. The van der Waals surface area contributed by atoms with Crippen molar-refractivity contribution in [3.05, 3.63) is 81.5 Å². The van der Waals surface area contributed by atoms with Gasteiger partial charge in [-0.25, -0.2) is 9.18 Å². The Morgan fingerprint density at radius 2 is 1.81 bits per heavy atom. The fraction of sp³-hybridized carbons (Fsp3) is 0.312. The number of carbonyl (C=O) groups is 1. The number of benzene rings is 3. The summed E-state index contributed by atoms with van der Waals surface area (Å²) in [7, 11) is 2.77. The van der Waals surface area contributed by atoms with Gasteiger partial charge in [0.1, 0.15) is 17.3 Å². The number of methoxy groups -OCH3 is 1. The Hall–Kier alpha value is -4.05. The Balaban J connectivity index is 1.62. The second-order valence-electron chi connectivity index (χ2n) is 10.4. The lowest BCUT2D eigenvalue weighted by molar-refractivity contribution is -0.136. The third kappa shape index (κ3) is 5.44. The van der Waals surface area contributed by atoms with Crippen LogP contribution in [0.25, 0.3) is 32.8 Å². The number of hydrogen-bond donors (Lipinski definition) is 0. The summed E-state index contributed by atoms with van der Waals surface area (Å²) in [5, 5.41) is 5.81. The lowest BCUT2D eigenvalue weighted by atomic mass is 9.95. The molecule has 0 saturated carbocycles. The third-order valence-electron chi connectivity index (χ3n) is 7.64. The van der Waals surface area contributed by atoms with Crippen LogP contribution in [0, 0.1) is 19.7 Å². The van der Waals surface area contributed by atoms with Crippen molar-refractivity contribution in [2.75, 3.05) is 13.7 Å². The summed E-state index contributed by atoms with van der Waals surface area (Å²) in [6.45, 7) is 5.63. The topological polar surface area (TPSA) is 58.3 Å². The van der Waals surface area contributed by atoms with E-state index in [1.54, 1.807) is 24.7 Å². The number of aryl methyl sites for hydroxylation is 4. The van der Waals surface area contributed by atoms with E-state index in [-0.39, 0.29) is 46.9 Å². The standard InChI is InChI=1S/C32H30ClF4N3O3/c1-6-23-26(18(3)39(4)38-23)27-22(33)10-11-24-28(27)29(32(35,36)37)30(31(41)42-5)40(24)12-7-13-43-25-15-17(2)14-19-16-20(34)8-9-21(19)25/h8-11,14-16H,6-7,12-13H2,1-5H3. The number of aromatic nitrogens is 3. The first kappa shape index (κ1) is 30.4. The van der Waals surface area contributed by atoms with Crippen molar-refractivity contribution in [2.45, 2.75) is 46.3 Å². The first-order chi connectivity index (χ1) is 20.4. The monoisotopic (exact) mass is 615 g/mol. The third-order valence-corrected chi connectivity index (χ3v) is 7.95. The molecule has 0 unspecified atom stereocenters. The van der Waals surface area contributed by atoms with Gasteiger partial charge >= 0.3 is 12.1 Å². The summed E-state index contributed by atoms with van der Waals surface area (Å²) in [5.41, 5.74) is 1.26. The van der Waals surface area contributed by atoms with Crippen molar-refractivity contribution in [2.24, 2.45) is 7.05 Å². The van der Waals surface area contributed by atoms with E-state index in [9.17, 15) is 22.4 Å². The van der Waals surface area contributed by atoms with E-state index < -0.39 is 23.4 Å². The van der Waals surface area contributed by atoms with Gasteiger partial charge in [-0.15, -0.1) is 0 Å². The summed E-state index contributed by atoms with van der Waals surface area (Å²) in [6, 6.07) is 11.1. The maximum Gasteiger partial charge on any atom is 0.419 e. The zero-order chi connectivity index (χ0) is 31.2. The van der Waals surface area contributed by atoms with Gasteiger partial charge in [0, 0.05) is 46.2 Å². The minimum atomic E-state index is -4.90.